The number of ether oxygens (including phenoxy) is 2. The number of rotatable bonds is 11. The van der Waals surface area contributed by atoms with Crippen molar-refractivity contribution in [1.82, 2.24) is 9.97 Å². The minimum Gasteiger partial charge on any atom is -0.493 e. The summed E-state index contributed by atoms with van der Waals surface area (Å²) in [7, 11) is 5.19. The summed E-state index contributed by atoms with van der Waals surface area (Å²) >= 11 is 7.75. The van der Waals surface area contributed by atoms with E-state index in [1.807, 2.05) is 48.3 Å². The first kappa shape index (κ1) is 28.2. The first-order chi connectivity index (χ1) is 18.8. The van der Waals surface area contributed by atoms with E-state index >= 15 is 0 Å². The lowest BCUT2D eigenvalue weighted by molar-refractivity contribution is 0.102. The molecule has 0 aliphatic carbocycles. The molecule has 0 saturated carbocycles. The number of thioether (sulfide) groups is 1. The Morgan fingerprint density at radius 2 is 1.74 bits per heavy atom. The average Bonchev–Trinajstić information content (AvgIpc) is 2.95. The van der Waals surface area contributed by atoms with Gasteiger partial charge >= 0.3 is 0 Å². The lowest BCUT2D eigenvalue weighted by atomic mass is 10.1. The minimum atomic E-state index is -0.359. The standard InChI is InChI=1S/C29H28ClFN4O3S/c1-35(14-13-19-7-12-24(37-2)25(16-19)38-3)27-17-26(30)33-29(34-27)39-18-20-5-4-6-21(15-20)28(36)32-23-10-8-22(31)9-11-23/h4-12,15-17H,13-14,18H2,1-3H3,(H,32,36). The van der Waals surface area contributed by atoms with E-state index in [2.05, 4.69) is 15.3 Å². The average molecular weight is 567 g/mol. The van der Waals surface area contributed by atoms with Crippen LogP contribution >= 0.6 is 23.4 Å². The molecule has 1 aromatic heterocycles. The number of methoxy groups -OCH3 is 2. The number of likely N-dealkylation sites (N-methyl/N-ethyl adjacent to an activating group) is 1. The molecule has 0 aliphatic heterocycles. The van der Waals surface area contributed by atoms with Gasteiger partial charge in [0.25, 0.3) is 5.91 Å². The van der Waals surface area contributed by atoms with Gasteiger partial charge in [-0.2, -0.15) is 0 Å². The summed E-state index contributed by atoms with van der Waals surface area (Å²) in [5, 5.41) is 3.67. The SMILES string of the molecule is COc1ccc(CCN(C)c2cc(Cl)nc(SCc3cccc(C(=O)Nc4ccc(F)cc4)c3)n2)cc1OC. The highest BCUT2D eigenvalue weighted by molar-refractivity contribution is 7.98. The van der Waals surface area contributed by atoms with Crippen molar-refractivity contribution in [3.05, 3.63) is 100 Å². The largest absolute Gasteiger partial charge is 0.493 e. The molecular formula is C29H28ClFN4O3S. The van der Waals surface area contributed by atoms with Crippen LogP contribution in [0.3, 0.4) is 0 Å². The van der Waals surface area contributed by atoms with Crippen LogP contribution in [-0.2, 0) is 12.2 Å². The predicted octanol–water partition coefficient (Wildman–Crippen LogP) is 6.51. The summed E-state index contributed by atoms with van der Waals surface area (Å²) in [4.78, 5) is 23.7. The number of nitrogens with zero attached hydrogens (tertiary/aromatic N) is 3. The number of carbonyl (C=O) groups is 1. The quantitative estimate of drug-likeness (QED) is 0.126. The summed E-state index contributed by atoms with van der Waals surface area (Å²) in [6, 6.07) is 20.5. The Morgan fingerprint density at radius 1 is 0.974 bits per heavy atom. The molecule has 1 amide bonds. The van der Waals surface area contributed by atoms with Crippen molar-refractivity contribution in [3.8, 4) is 11.5 Å². The molecule has 3 aromatic carbocycles. The van der Waals surface area contributed by atoms with Gasteiger partial charge in [0, 0.05) is 36.7 Å². The highest BCUT2D eigenvalue weighted by Gasteiger charge is 2.12. The monoisotopic (exact) mass is 566 g/mol. The van der Waals surface area contributed by atoms with Gasteiger partial charge in [-0.25, -0.2) is 14.4 Å². The Morgan fingerprint density at radius 3 is 2.49 bits per heavy atom. The molecule has 0 saturated heterocycles. The first-order valence-corrected chi connectivity index (χ1v) is 13.5. The maximum absolute atomic E-state index is 13.1. The second kappa shape index (κ2) is 13.3. The summed E-state index contributed by atoms with van der Waals surface area (Å²) < 4.78 is 23.8. The van der Waals surface area contributed by atoms with Gasteiger partial charge in [0.1, 0.15) is 16.8 Å². The fraction of sp³-hybridized carbons (Fsp3) is 0.207. The zero-order valence-electron chi connectivity index (χ0n) is 21.8. The van der Waals surface area contributed by atoms with E-state index in [0.29, 0.717) is 51.2 Å². The second-order valence-corrected chi connectivity index (χ2v) is 9.97. The van der Waals surface area contributed by atoms with Crippen molar-refractivity contribution < 1.29 is 18.7 Å². The molecule has 4 rings (SSSR count). The van der Waals surface area contributed by atoms with Crippen LogP contribution < -0.4 is 19.7 Å². The number of hydrogen-bond donors (Lipinski definition) is 1. The van der Waals surface area contributed by atoms with Crippen LogP contribution in [0.1, 0.15) is 21.5 Å². The van der Waals surface area contributed by atoms with Gasteiger partial charge in [0.15, 0.2) is 16.7 Å². The zero-order chi connectivity index (χ0) is 27.8. The van der Waals surface area contributed by atoms with Crippen molar-refractivity contribution in [1.29, 1.82) is 0 Å². The number of halogens is 2. The molecule has 4 aromatic rings. The van der Waals surface area contributed by atoms with Crippen molar-refractivity contribution >= 4 is 40.8 Å². The molecule has 0 aliphatic rings. The van der Waals surface area contributed by atoms with Gasteiger partial charge in [-0.3, -0.25) is 4.79 Å². The Hall–Kier alpha value is -3.82. The number of carbonyl (C=O) groups excluding carboxylic acids is 1. The third kappa shape index (κ3) is 7.84. The number of amides is 1. The fourth-order valence-electron chi connectivity index (χ4n) is 3.78. The van der Waals surface area contributed by atoms with Gasteiger partial charge in [0.2, 0.25) is 0 Å². The molecule has 0 fully saturated rings. The number of nitrogens with one attached hydrogen (secondary N) is 1. The molecule has 0 atom stereocenters. The maximum atomic E-state index is 13.1. The Labute approximate surface area is 236 Å². The van der Waals surface area contributed by atoms with Crippen molar-refractivity contribution in [2.75, 3.05) is 38.0 Å². The van der Waals surface area contributed by atoms with Crippen LogP contribution in [-0.4, -0.2) is 43.7 Å². The van der Waals surface area contributed by atoms with Crippen LogP contribution in [0.25, 0.3) is 0 Å². The van der Waals surface area contributed by atoms with Crippen LogP contribution in [0.5, 0.6) is 11.5 Å². The number of aromatic nitrogens is 2. The summed E-state index contributed by atoms with van der Waals surface area (Å²) in [5.41, 5.74) is 3.06. The molecule has 1 heterocycles. The van der Waals surface area contributed by atoms with Gasteiger partial charge < -0.3 is 19.7 Å². The number of anilines is 2. The van der Waals surface area contributed by atoms with Gasteiger partial charge in [0.05, 0.1) is 14.2 Å². The van der Waals surface area contributed by atoms with E-state index in [4.69, 9.17) is 21.1 Å². The lowest BCUT2D eigenvalue weighted by Crippen LogP contribution is -2.21. The topological polar surface area (TPSA) is 76.6 Å². The fourth-order valence-corrected chi connectivity index (χ4v) is 4.80. The molecule has 7 nitrogen and oxygen atoms in total. The highest BCUT2D eigenvalue weighted by Crippen LogP contribution is 2.28. The van der Waals surface area contributed by atoms with E-state index < -0.39 is 0 Å². The normalized spacial score (nSPS) is 10.7. The van der Waals surface area contributed by atoms with Crippen LogP contribution in [0.4, 0.5) is 15.9 Å². The molecule has 39 heavy (non-hydrogen) atoms. The summed E-state index contributed by atoms with van der Waals surface area (Å²) in [6.07, 6.45) is 0.772. The number of benzene rings is 3. The van der Waals surface area contributed by atoms with E-state index in [-0.39, 0.29) is 11.7 Å². The molecule has 0 spiro atoms. The van der Waals surface area contributed by atoms with E-state index in [1.54, 1.807) is 26.4 Å². The second-order valence-electron chi connectivity index (χ2n) is 8.64. The minimum absolute atomic E-state index is 0.272. The molecule has 10 heteroatoms. The summed E-state index contributed by atoms with van der Waals surface area (Å²) in [5.74, 6) is 2.02. The molecular weight excluding hydrogens is 539 g/mol. The molecule has 0 radical (unpaired) electrons. The van der Waals surface area contributed by atoms with Crippen LogP contribution in [0.15, 0.2) is 78.0 Å². The van der Waals surface area contributed by atoms with E-state index in [1.165, 1.54) is 36.0 Å². The van der Waals surface area contributed by atoms with Gasteiger partial charge in [-0.05, 0) is 66.1 Å². The third-order valence-corrected chi connectivity index (χ3v) is 7.01. The molecule has 0 bridgehead atoms. The van der Waals surface area contributed by atoms with E-state index in [0.717, 1.165) is 17.5 Å². The molecule has 202 valence electrons. The van der Waals surface area contributed by atoms with Crippen LogP contribution in [0, 0.1) is 5.82 Å². The lowest BCUT2D eigenvalue weighted by Gasteiger charge is -2.19. The van der Waals surface area contributed by atoms with Gasteiger partial charge in [-0.15, -0.1) is 0 Å². The molecule has 0 unspecified atom stereocenters. The number of hydrogen-bond acceptors (Lipinski definition) is 7. The Balaban J connectivity index is 1.37. The van der Waals surface area contributed by atoms with Crippen molar-refractivity contribution in [3.63, 3.8) is 0 Å². The summed E-state index contributed by atoms with van der Waals surface area (Å²) in [6.45, 7) is 0.706. The maximum Gasteiger partial charge on any atom is 0.255 e. The van der Waals surface area contributed by atoms with Crippen LogP contribution in [0.2, 0.25) is 5.15 Å². The Bertz CT molecular complexity index is 1440. The van der Waals surface area contributed by atoms with Crippen molar-refractivity contribution in [2.45, 2.75) is 17.3 Å². The molecule has 1 N–H and O–H groups in total. The first-order valence-electron chi connectivity index (χ1n) is 12.1. The smallest absolute Gasteiger partial charge is 0.255 e. The Kier molecular flexibility index (Phi) is 9.62. The van der Waals surface area contributed by atoms with Gasteiger partial charge in [-0.1, -0.05) is 41.6 Å². The zero-order valence-corrected chi connectivity index (χ0v) is 23.4. The van der Waals surface area contributed by atoms with E-state index in [9.17, 15) is 9.18 Å². The highest BCUT2D eigenvalue weighted by atomic mass is 35.5. The third-order valence-electron chi connectivity index (χ3n) is 5.89. The predicted molar refractivity (Wildman–Crippen MR) is 154 cm³/mol. The van der Waals surface area contributed by atoms with Crippen molar-refractivity contribution in [2.24, 2.45) is 0 Å².